The van der Waals surface area contributed by atoms with Gasteiger partial charge in [0.2, 0.25) is 0 Å². The number of nitrogens with zero attached hydrogens (tertiary/aromatic N) is 5. The minimum Gasteiger partial charge on any atom is -0.317 e. The van der Waals surface area contributed by atoms with E-state index < -0.39 is 17.8 Å². The lowest BCUT2D eigenvalue weighted by atomic mass is 10.2. The Morgan fingerprint density at radius 2 is 1.86 bits per heavy atom. The van der Waals surface area contributed by atoms with Crippen LogP contribution >= 0.6 is 11.3 Å². The molecule has 1 aromatic carbocycles. The molecule has 0 saturated heterocycles. The van der Waals surface area contributed by atoms with Gasteiger partial charge in [0.15, 0.2) is 17.0 Å². The van der Waals surface area contributed by atoms with Crippen molar-refractivity contribution in [2.24, 2.45) is 0 Å². The zero-order valence-corrected chi connectivity index (χ0v) is 19.8. The summed E-state index contributed by atoms with van der Waals surface area (Å²) in [5.41, 5.74) is 0.569. The topological polar surface area (TPSA) is 77.1 Å². The molecule has 0 fully saturated rings. The third-order valence-electron chi connectivity index (χ3n) is 5.62. The minimum atomic E-state index is -4.71. The number of carbonyl (C=O) groups excluding carboxylic acids is 1. The molecular formula is C24H18F4N6OS. The number of benzene rings is 1. The van der Waals surface area contributed by atoms with Gasteiger partial charge in [-0.1, -0.05) is 24.3 Å². The summed E-state index contributed by atoms with van der Waals surface area (Å²) in [6.45, 7) is 3.52. The molecule has 4 heterocycles. The van der Waals surface area contributed by atoms with Crippen molar-refractivity contribution in [3.63, 3.8) is 0 Å². The van der Waals surface area contributed by atoms with Crippen LogP contribution in [-0.2, 0) is 12.7 Å². The highest BCUT2D eigenvalue weighted by Gasteiger charge is 2.36. The Hall–Kier alpha value is -4.06. The standard InChI is InChI=1S/C24H18F4N6OS/c1-13-22(14(2)33(31-13)12-15-6-3-4-7-16(15)25)30-23(35)18-11-21-29-17(19-8-5-9-36-19)10-20(24(26,27)28)34(21)32-18/h3-11H,12H2,1-2H3,(H,30,35). The van der Waals surface area contributed by atoms with Crippen molar-refractivity contribution in [2.45, 2.75) is 26.6 Å². The molecule has 5 aromatic rings. The lowest BCUT2D eigenvalue weighted by molar-refractivity contribution is -0.142. The molecule has 0 aliphatic rings. The molecule has 184 valence electrons. The van der Waals surface area contributed by atoms with Gasteiger partial charge < -0.3 is 5.32 Å². The number of hydrogen-bond acceptors (Lipinski definition) is 5. The van der Waals surface area contributed by atoms with Crippen LogP contribution in [0.25, 0.3) is 16.2 Å². The number of anilines is 1. The lowest BCUT2D eigenvalue weighted by Gasteiger charge is -2.10. The number of aromatic nitrogens is 5. The van der Waals surface area contributed by atoms with Gasteiger partial charge in [0.25, 0.3) is 5.91 Å². The molecular weight excluding hydrogens is 496 g/mol. The summed E-state index contributed by atoms with van der Waals surface area (Å²) in [5, 5.41) is 12.7. The average molecular weight is 515 g/mol. The molecule has 0 aliphatic carbocycles. The number of rotatable bonds is 5. The average Bonchev–Trinajstić information content (AvgIpc) is 3.56. The van der Waals surface area contributed by atoms with Crippen LogP contribution in [0.15, 0.2) is 53.9 Å². The number of thiophene rings is 1. The number of halogens is 4. The molecule has 1 N–H and O–H groups in total. The highest BCUT2D eigenvalue weighted by molar-refractivity contribution is 7.13. The van der Waals surface area contributed by atoms with E-state index in [-0.39, 0.29) is 29.4 Å². The van der Waals surface area contributed by atoms with Gasteiger partial charge >= 0.3 is 6.18 Å². The second-order valence-corrected chi connectivity index (χ2v) is 9.00. The van der Waals surface area contributed by atoms with Gasteiger partial charge in [-0.05, 0) is 37.4 Å². The number of hydrogen-bond donors (Lipinski definition) is 1. The monoisotopic (exact) mass is 514 g/mol. The Bertz CT molecular complexity index is 1590. The molecule has 0 unspecified atom stereocenters. The third kappa shape index (κ3) is 4.35. The van der Waals surface area contributed by atoms with Crippen LogP contribution in [0.2, 0.25) is 0 Å². The molecule has 0 bridgehead atoms. The normalized spacial score (nSPS) is 11.8. The molecule has 0 radical (unpaired) electrons. The van der Waals surface area contributed by atoms with Crippen molar-refractivity contribution in [3.8, 4) is 10.6 Å². The fourth-order valence-corrected chi connectivity index (χ4v) is 4.52. The largest absolute Gasteiger partial charge is 0.433 e. The lowest BCUT2D eigenvalue weighted by Crippen LogP contribution is -2.16. The first-order chi connectivity index (χ1) is 17.1. The van der Waals surface area contributed by atoms with E-state index in [9.17, 15) is 22.4 Å². The van der Waals surface area contributed by atoms with E-state index in [0.29, 0.717) is 32.0 Å². The number of carbonyl (C=O) groups is 1. The Morgan fingerprint density at radius 3 is 2.56 bits per heavy atom. The summed E-state index contributed by atoms with van der Waals surface area (Å²) in [5.74, 6) is -1.10. The maximum absolute atomic E-state index is 14.1. The van der Waals surface area contributed by atoms with Crippen molar-refractivity contribution >= 4 is 28.6 Å². The molecule has 0 spiro atoms. The van der Waals surface area contributed by atoms with Crippen molar-refractivity contribution in [3.05, 3.63) is 88.1 Å². The SMILES string of the molecule is Cc1nn(Cc2ccccc2F)c(C)c1NC(=O)c1cc2nc(-c3cccs3)cc(C(F)(F)F)n2n1. The van der Waals surface area contributed by atoms with E-state index in [4.69, 9.17) is 0 Å². The predicted molar refractivity (Wildman–Crippen MR) is 126 cm³/mol. The summed E-state index contributed by atoms with van der Waals surface area (Å²) >= 11 is 1.25. The molecule has 5 rings (SSSR count). The van der Waals surface area contributed by atoms with Gasteiger partial charge in [0.05, 0.1) is 34.2 Å². The summed E-state index contributed by atoms with van der Waals surface area (Å²) < 4.78 is 57.6. The minimum absolute atomic E-state index is 0.109. The fourth-order valence-electron chi connectivity index (χ4n) is 3.84. The van der Waals surface area contributed by atoms with Crippen LogP contribution in [0.5, 0.6) is 0 Å². The van der Waals surface area contributed by atoms with E-state index >= 15 is 0 Å². The third-order valence-corrected chi connectivity index (χ3v) is 6.51. The highest BCUT2D eigenvalue weighted by atomic mass is 32.1. The maximum atomic E-state index is 14.1. The van der Waals surface area contributed by atoms with E-state index in [1.807, 2.05) is 0 Å². The molecule has 0 aliphatic heterocycles. The van der Waals surface area contributed by atoms with Gasteiger partial charge in [-0.3, -0.25) is 9.48 Å². The van der Waals surface area contributed by atoms with E-state index in [0.717, 1.165) is 6.07 Å². The van der Waals surface area contributed by atoms with E-state index in [1.165, 1.54) is 23.5 Å². The molecule has 1 amide bonds. The quantitative estimate of drug-likeness (QED) is 0.304. The van der Waals surface area contributed by atoms with Gasteiger partial charge in [-0.25, -0.2) is 13.9 Å². The Kier molecular flexibility index (Phi) is 5.83. The van der Waals surface area contributed by atoms with Gasteiger partial charge in [-0.15, -0.1) is 11.3 Å². The van der Waals surface area contributed by atoms with Crippen LogP contribution < -0.4 is 5.32 Å². The summed E-state index contributed by atoms with van der Waals surface area (Å²) in [4.78, 5) is 17.8. The van der Waals surface area contributed by atoms with Gasteiger partial charge in [0.1, 0.15) is 5.82 Å². The molecule has 36 heavy (non-hydrogen) atoms. The zero-order valence-electron chi connectivity index (χ0n) is 19.0. The highest BCUT2D eigenvalue weighted by Crippen LogP contribution is 2.33. The summed E-state index contributed by atoms with van der Waals surface area (Å²) in [6.07, 6.45) is -4.71. The second kappa shape index (κ2) is 8.86. The number of alkyl halides is 3. The second-order valence-electron chi connectivity index (χ2n) is 8.05. The smallest absolute Gasteiger partial charge is 0.317 e. The first-order valence-electron chi connectivity index (χ1n) is 10.7. The molecule has 0 saturated carbocycles. The predicted octanol–water partition coefficient (Wildman–Crippen LogP) is 5.73. The van der Waals surface area contributed by atoms with Crippen LogP contribution in [0, 0.1) is 19.7 Å². The van der Waals surface area contributed by atoms with E-state index in [2.05, 4.69) is 20.5 Å². The van der Waals surface area contributed by atoms with Crippen LogP contribution in [-0.4, -0.2) is 30.3 Å². The first-order valence-corrected chi connectivity index (χ1v) is 11.6. The van der Waals surface area contributed by atoms with Crippen LogP contribution in [0.3, 0.4) is 0 Å². The van der Waals surface area contributed by atoms with Crippen molar-refractivity contribution in [2.75, 3.05) is 5.32 Å². The van der Waals surface area contributed by atoms with Gasteiger partial charge in [0, 0.05) is 11.6 Å². The van der Waals surface area contributed by atoms with Crippen molar-refractivity contribution in [1.82, 2.24) is 24.4 Å². The number of aryl methyl sites for hydroxylation is 1. The zero-order chi connectivity index (χ0) is 25.6. The summed E-state index contributed by atoms with van der Waals surface area (Å²) in [7, 11) is 0. The molecule has 12 heteroatoms. The van der Waals surface area contributed by atoms with Crippen molar-refractivity contribution < 1.29 is 22.4 Å². The van der Waals surface area contributed by atoms with Gasteiger partial charge in [-0.2, -0.15) is 23.4 Å². The molecule has 4 aromatic heterocycles. The number of nitrogens with one attached hydrogen (secondary N) is 1. The first kappa shape index (κ1) is 23.7. The Labute approximate surface area is 206 Å². The Balaban J connectivity index is 1.48. The maximum Gasteiger partial charge on any atom is 0.433 e. The molecule has 7 nitrogen and oxygen atoms in total. The molecule has 0 atom stereocenters. The fraction of sp³-hybridized carbons (Fsp3) is 0.167. The Morgan fingerprint density at radius 1 is 1.08 bits per heavy atom. The van der Waals surface area contributed by atoms with E-state index in [1.54, 1.807) is 54.2 Å². The summed E-state index contributed by atoms with van der Waals surface area (Å²) in [6, 6.07) is 11.8. The number of fused-ring (bicyclic) bond motifs is 1. The number of amides is 1. The van der Waals surface area contributed by atoms with Crippen molar-refractivity contribution in [1.29, 1.82) is 0 Å². The van der Waals surface area contributed by atoms with Crippen LogP contribution in [0.4, 0.5) is 23.2 Å². The van der Waals surface area contributed by atoms with Crippen LogP contribution in [0.1, 0.15) is 33.1 Å².